The van der Waals surface area contributed by atoms with Crippen molar-refractivity contribution in [3.05, 3.63) is 33.8 Å². The summed E-state index contributed by atoms with van der Waals surface area (Å²) in [5, 5.41) is 8.95. The molecule has 0 aromatic heterocycles. The standard InChI is InChI=1S/C17H22BrN3/c1-20(15-4-5-15)8-9-21(16-6-7-16)12-14-3-2-13(11-19)10-17(14)18/h2-3,10,15-16H,4-9,12H2,1H3. The molecule has 0 bridgehead atoms. The molecule has 2 fully saturated rings. The van der Waals surface area contributed by atoms with Gasteiger partial charge >= 0.3 is 0 Å². The number of benzene rings is 1. The van der Waals surface area contributed by atoms with Crippen LogP contribution in [-0.4, -0.2) is 42.0 Å². The van der Waals surface area contributed by atoms with Crippen molar-refractivity contribution in [1.29, 1.82) is 5.26 Å². The minimum Gasteiger partial charge on any atom is -0.302 e. The van der Waals surface area contributed by atoms with Crippen molar-refractivity contribution in [2.45, 2.75) is 44.3 Å². The highest BCUT2D eigenvalue weighted by molar-refractivity contribution is 9.10. The number of rotatable bonds is 7. The summed E-state index contributed by atoms with van der Waals surface area (Å²) in [6, 6.07) is 9.73. The Morgan fingerprint density at radius 1 is 1.19 bits per heavy atom. The summed E-state index contributed by atoms with van der Waals surface area (Å²) in [5.74, 6) is 0. The van der Waals surface area contributed by atoms with Gasteiger partial charge in [0.2, 0.25) is 0 Å². The fourth-order valence-electron chi connectivity index (χ4n) is 2.78. The van der Waals surface area contributed by atoms with Crippen LogP contribution < -0.4 is 0 Å². The van der Waals surface area contributed by atoms with E-state index in [1.165, 1.54) is 31.2 Å². The number of nitrogens with zero attached hydrogens (tertiary/aromatic N) is 3. The first kappa shape index (κ1) is 15.0. The molecular weight excluding hydrogens is 326 g/mol. The first-order valence-corrected chi connectivity index (χ1v) is 8.59. The van der Waals surface area contributed by atoms with E-state index in [2.05, 4.69) is 44.9 Å². The first-order valence-electron chi connectivity index (χ1n) is 7.80. The maximum atomic E-state index is 8.95. The predicted molar refractivity (Wildman–Crippen MR) is 87.9 cm³/mol. The largest absolute Gasteiger partial charge is 0.302 e. The molecule has 0 atom stereocenters. The number of hydrogen-bond donors (Lipinski definition) is 0. The van der Waals surface area contributed by atoms with Crippen molar-refractivity contribution >= 4 is 15.9 Å². The highest BCUT2D eigenvalue weighted by Gasteiger charge is 2.31. The molecule has 0 aliphatic heterocycles. The normalized spacial score (nSPS) is 18.2. The number of hydrogen-bond acceptors (Lipinski definition) is 3. The second-order valence-electron chi connectivity index (χ2n) is 6.33. The Kier molecular flexibility index (Phi) is 4.63. The van der Waals surface area contributed by atoms with Crippen molar-refractivity contribution < 1.29 is 0 Å². The summed E-state index contributed by atoms with van der Waals surface area (Å²) in [5.41, 5.74) is 2.01. The molecule has 1 aromatic rings. The predicted octanol–water partition coefficient (Wildman–Crippen LogP) is 3.38. The summed E-state index contributed by atoms with van der Waals surface area (Å²) in [7, 11) is 2.25. The summed E-state index contributed by atoms with van der Waals surface area (Å²) in [6.07, 6.45) is 5.42. The van der Waals surface area contributed by atoms with E-state index in [-0.39, 0.29) is 0 Å². The van der Waals surface area contributed by atoms with Gasteiger partial charge < -0.3 is 4.90 Å². The van der Waals surface area contributed by atoms with Gasteiger partial charge in [0.15, 0.2) is 0 Å². The number of halogens is 1. The van der Waals surface area contributed by atoms with Crippen molar-refractivity contribution in [3.8, 4) is 6.07 Å². The fraction of sp³-hybridized carbons (Fsp3) is 0.588. The lowest BCUT2D eigenvalue weighted by Crippen LogP contribution is -2.35. The summed E-state index contributed by atoms with van der Waals surface area (Å²) < 4.78 is 1.06. The van der Waals surface area contributed by atoms with Crippen molar-refractivity contribution in [2.75, 3.05) is 20.1 Å². The Morgan fingerprint density at radius 2 is 1.90 bits per heavy atom. The minimum atomic E-state index is 0.720. The summed E-state index contributed by atoms with van der Waals surface area (Å²) in [6.45, 7) is 3.29. The lowest BCUT2D eigenvalue weighted by atomic mass is 10.1. The van der Waals surface area contributed by atoms with Gasteiger partial charge in [-0.15, -0.1) is 0 Å². The van der Waals surface area contributed by atoms with Crippen LogP contribution in [0.3, 0.4) is 0 Å². The highest BCUT2D eigenvalue weighted by atomic mass is 79.9. The Morgan fingerprint density at radius 3 is 2.48 bits per heavy atom. The molecule has 2 aliphatic carbocycles. The second kappa shape index (κ2) is 6.48. The zero-order chi connectivity index (χ0) is 14.8. The average molecular weight is 348 g/mol. The van der Waals surface area contributed by atoms with E-state index in [0.29, 0.717) is 0 Å². The van der Waals surface area contributed by atoms with Gasteiger partial charge in [-0.05, 0) is 50.4 Å². The quantitative estimate of drug-likeness (QED) is 0.757. The molecule has 0 spiro atoms. The van der Waals surface area contributed by atoms with Crippen LogP contribution in [0.2, 0.25) is 0 Å². The Bertz CT molecular complexity index is 543. The van der Waals surface area contributed by atoms with E-state index in [1.807, 2.05) is 12.1 Å². The molecule has 112 valence electrons. The molecule has 4 heteroatoms. The molecular formula is C17H22BrN3. The molecule has 21 heavy (non-hydrogen) atoms. The lowest BCUT2D eigenvalue weighted by Gasteiger charge is -2.26. The number of likely N-dealkylation sites (N-methyl/N-ethyl adjacent to an activating group) is 1. The lowest BCUT2D eigenvalue weighted by molar-refractivity contribution is 0.207. The third-order valence-corrected chi connectivity index (χ3v) is 5.27. The van der Waals surface area contributed by atoms with Gasteiger partial charge in [0.25, 0.3) is 0 Å². The molecule has 0 radical (unpaired) electrons. The molecule has 3 rings (SSSR count). The van der Waals surface area contributed by atoms with Crippen LogP contribution in [0.1, 0.15) is 36.8 Å². The molecule has 0 saturated heterocycles. The zero-order valence-corrected chi connectivity index (χ0v) is 14.1. The average Bonchev–Trinajstić information content (AvgIpc) is 3.36. The molecule has 0 amide bonds. The van der Waals surface area contributed by atoms with E-state index in [0.717, 1.165) is 41.8 Å². The first-order chi connectivity index (χ1) is 10.2. The molecule has 0 unspecified atom stereocenters. The third kappa shape index (κ3) is 4.06. The van der Waals surface area contributed by atoms with E-state index in [9.17, 15) is 0 Å². The molecule has 2 aliphatic rings. The van der Waals surface area contributed by atoms with Gasteiger partial charge in [-0.2, -0.15) is 5.26 Å². The fourth-order valence-corrected chi connectivity index (χ4v) is 3.28. The molecule has 3 nitrogen and oxygen atoms in total. The maximum Gasteiger partial charge on any atom is 0.0992 e. The highest BCUT2D eigenvalue weighted by Crippen LogP contribution is 2.31. The van der Waals surface area contributed by atoms with Gasteiger partial charge in [0.05, 0.1) is 11.6 Å². The minimum absolute atomic E-state index is 0.720. The third-order valence-electron chi connectivity index (χ3n) is 4.53. The zero-order valence-electron chi connectivity index (χ0n) is 12.6. The Hall–Kier alpha value is -0.890. The Balaban J connectivity index is 1.60. The Labute approximate surface area is 135 Å². The monoisotopic (exact) mass is 347 g/mol. The second-order valence-corrected chi connectivity index (χ2v) is 7.19. The van der Waals surface area contributed by atoms with Crippen LogP contribution in [0.4, 0.5) is 0 Å². The van der Waals surface area contributed by atoms with Crippen LogP contribution in [0.25, 0.3) is 0 Å². The van der Waals surface area contributed by atoms with Crippen LogP contribution >= 0.6 is 15.9 Å². The van der Waals surface area contributed by atoms with Gasteiger partial charge in [0, 0.05) is 36.2 Å². The van der Waals surface area contributed by atoms with E-state index in [1.54, 1.807) is 0 Å². The SMILES string of the molecule is CN(CCN(Cc1ccc(C#N)cc1Br)C1CC1)C1CC1. The van der Waals surface area contributed by atoms with E-state index in [4.69, 9.17) is 5.26 Å². The summed E-state index contributed by atoms with van der Waals surface area (Å²) in [4.78, 5) is 5.11. The van der Waals surface area contributed by atoms with E-state index < -0.39 is 0 Å². The maximum absolute atomic E-state index is 8.95. The van der Waals surface area contributed by atoms with Crippen molar-refractivity contribution in [1.82, 2.24) is 9.80 Å². The van der Waals surface area contributed by atoms with Gasteiger partial charge in [0.1, 0.15) is 0 Å². The molecule has 2 saturated carbocycles. The molecule has 0 heterocycles. The van der Waals surface area contributed by atoms with Crippen LogP contribution in [0.15, 0.2) is 22.7 Å². The van der Waals surface area contributed by atoms with E-state index >= 15 is 0 Å². The van der Waals surface area contributed by atoms with Gasteiger partial charge in [-0.25, -0.2) is 0 Å². The number of nitriles is 1. The van der Waals surface area contributed by atoms with Crippen LogP contribution in [-0.2, 0) is 6.54 Å². The van der Waals surface area contributed by atoms with Crippen LogP contribution in [0, 0.1) is 11.3 Å². The van der Waals surface area contributed by atoms with Crippen LogP contribution in [0.5, 0.6) is 0 Å². The van der Waals surface area contributed by atoms with Crippen molar-refractivity contribution in [3.63, 3.8) is 0 Å². The van der Waals surface area contributed by atoms with Gasteiger partial charge in [-0.3, -0.25) is 4.90 Å². The molecule has 0 N–H and O–H groups in total. The smallest absolute Gasteiger partial charge is 0.0992 e. The van der Waals surface area contributed by atoms with Crippen molar-refractivity contribution in [2.24, 2.45) is 0 Å². The topological polar surface area (TPSA) is 30.3 Å². The summed E-state index contributed by atoms with van der Waals surface area (Å²) >= 11 is 3.61. The molecule has 1 aromatic carbocycles. The van der Waals surface area contributed by atoms with Gasteiger partial charge in [-0.1, -0.05) is 22.0 Å².